The van der Waals surface area contributed by atoms with E-state index in [4.69, 9.17) is 9.47 Å². The Bertz CT molecular complexity index is 594. The second-order valence-electron chi connectivity index (χ2n) is 6.99. The molecule has 1 heterocycles. The highest BCUT2D eigenvalue weighted by atomic mass is 16.5. The van der Waals surface area contributed by atoms with Gasteiger partial charge in [0.05, 0.1) is 25.9 Å². The molecule has 2 unspecified atom stereocenters. The van der Waals surface area contributed by atoms with Gasteiger partial charge in [-0.25, -0.2) is 0 Å². The van der Waals surface area contributed by atoms with E-state index in [0.29, 0.717) is 19.1 Å². The molecule has 124 valence electrons. The summed E-state index contributed by atoms with van der Waals surface area (Å²) in [5.41, 5.74) is 2.01. The fourth-order valence-corrected chi connectivity index (χ4v) is 4.10. The molecule has 1 aromatic rings. The van der Waals surface area contributed by atoms with E-state index in [-0.39, 0.29) is 18.1 Å². The van der Waals surface area contributed by atoms with Crippen LogP contribution in [-0.4, -0.2) is 43.2 Å². The van der Waals surface area contributed by atoms with Crippen molar-refractivity contribution in [3.05, 3.63) is 29.3 Å². The lowest BCUT2D eigenvalue weighted by Crippen LogP contribution is -2.54. The van der Waals surface area contributed by atoms with Gasteiger partial charge in [0.15, 0.2) is 0 Å². The number of carbonyl (C=O) groups is 1. The molecule has 3 aliphatic rings. The molecule has 0 aromatic heterocycles. The molecular weight excluding hydrogens is 290 g/mol. The summed E-state index contributed by atoms with van der Waals surface area (Å²) in [5.74, 6) is 1.65. The standard InChI is InChI=1S/C19H25NO3/c1-22-17-9-8-14(12-15(17)13-6-7-13)19(21)20-10-11-23-18-5-3-2-4-16(18)20/h8-9,12-13,16,18H,2-7,10-11H2,1H3. The van der Waals surface area contributed by atoms with Crippen molar-refractivity contribution in [1.29, 1.82) is 0 Å². The van der Waals surface area contributed by atoms with Crippen molar-refractivity contribution in [2.45, 2.75) is 56.6 Å². The minimum Gasteiger partial charge on any atom is -0.496 e. The number of hydrogen-bond donors (Lipinski definition) is 0. The average molecular weight is 315 g/mol. The first-order valence-electron chi connectivity index (χ1n) is 8.88. The van der Waals surface area contributed by atoms with E-state index in [1.807, 2.05) is 12.1 Å². The van der Waals surface area contributed by atoms with Crippen molar-refractivity contribution in [1.82, 2.24) is 4.90 Å². The van der Waals surface area contributed by atoms with Crippen molar-refractivity contribution in [3.8, 4) is 5.75 Å². The highest BCUT2D eigenvalue weighted by Crippen LogP contribution is 2.44. The monoisotopic (exact) mass is 315 g/mol. The number of hydrogen-bond acceptors (Lipinski definition) is 3. The SMILES string of the molecule is COc1ccc(C(=O)N2CCOC3CCCCC32)cc1C1CC1. The maximum Gasteiger partial charge on any atom is 0.254 e. The number of amides is 1. The molecule has 2 saturated carbocycles. The van der Waals surface area contributed by atoms with Gasteiger partial charge in [-0.1, -0.05) is 12.8 Å². The highest BCUT2D eigenvalue weighted by Gasteiger charge is 2.37. The lowest BCUT2D eigenvalue weighted by atomic mass is 9.89. The zero-order valence-electron chi connectivity index (χ0n) is 13.8. The van der Waals surface area contributed by atoms with Crippen LogP contribution in [0.4, 0.5) is 0 Å². The molecule has 4 rings (SSSR count). The van der Waals surface area contributed by atoms with Gasteiger partial charge in [0.25, 0.3) is 5.91 Å². The van der Waals surface area contributed by atoms with Crippen LogP contribution in [0.5, 0.6) is 5.75 Å². The van der Waals surface area contributed by atoms with Gasteiger partial charge >= 0.3 is 0 Å². The van der Waals surface area contributed by atoms with Crippen molar-refractivity contribution in [3.63, 3.8) is 0 Å². The summed E-state index contributed by atoms with van der Waals surface area (Å²) < 4.78 is 11.4. The smallest absolute Gasteiger partial charge is 0.254 e. The maximum atomic E-state index is 13.1. The van der Waals surface area contributed by atoms with Crippen LogP contribution in [0.15, 0.2) is 18.2 Å². The first kappa shape index (κ1) is 15.0. The molecule has 1 amide bonds. The van der Waals surface area contributed by atoms with Gasteiger partial charge in [0.2, 0.25) is 0 Å². The number of fused-ring (bicyclic) bond motifs is 1. The minimum atomic E-state index is 0.162. The second-order valence-corrected chi connectivity index (χ2v) is 6.99. The Kier molecular flexibility index (Phi) is 4.02. The summed E-state index contributed by atoms with van der Waals surface area (Å²) in [4.78, 5) is 15.1. The molecule has 0 N–H and O–H groups in total. The van der Waals surface area contributed by atoms with E-state index >= 15 is 0 Å². The van der Waals surface area contributed by atoms with Crippen LogP contribution in [0.2, 0.25) is 0 Å². The van der Waals surface area contributed by atoms with Gasteiger partial charge in [-0.15, -0.1) is 0 Å². The number of methoxy groups -OCH3 is 1. The number of benzene rings is 1. The molecule has 23 heavy (non-hydrogen) atoms. The molecule has 0 bridgehead atoms. The van der Waals surface area contributed by atoms with Crippen LogP contribution in [0.25, 0.3) is 0 Å². The summed E-state index contributed by atoms with van der Waals surface area (Å²) in [5, 5.41) is 0. The summed E-state index contributed by atoms with van der Waals surface area (Å²) in [6, 6.07) is 6.20. The lowest BCUT2D eigenvalue weighted by molar-refractivity contribution is -0.0752. The van der Waals surface area contributed by atoms with Crippen LogP contribution < -0.4 is 4.74 Å². The quantitative estimate of drug-likeness (QED) is 0.858. The molecule has 2 aliphatic carbocycles. The van der Waals surface area contributed by atoms with Crippen molar-refractivity contribution in [2.24, 2.45) is 0 Å². The molecule has 0 spiro atoms. The summed E-state index contributed by atoms with van der Waals surface area (Å²) in [6.07, 6.45) is 7.23. The van der Waals surface area contributed by atoms with E-state index in [0.717, 1.165) is 24.2 Å². The first-order valence-corrected chi connectivity index (χ1v) is 8.88. The Morgan fingerprint density at radius 1 is 1.22 bits per heavy atom. The van der Waals surface area contributed by atoms with E-state index in [1.54, 1.807) is 7.11 Å². The van der Waals surface area contributed by atoms with Crippen molar-refractivity contribution in [2.75, 3.05) is 20.3 Å². The van der Waals surface area contributed by atoms with E-state index in [1.165, 1.54) is 31.2 Å². The van der Waals surface area contributed by atoms with E-state index in [2.05, 4.69) is 11.0 Å². The van der Waals surface area contributed by atoms with Crippen LogP contribution >= 0.6 is 0 Å². The van der Waals surface area contributed by atoms with Crippen LogP contribution in [0.3, 0.4) is 0 Å². The van der Waals surface area contributed by atoms with Gasteiger partial charge in [0.1, 0.15) is 5.75 Å². The van der Waals surface area contributed by atoms with E-state index < -0.39 is 0 Å². The van der Waals surface area contributed by atoms with Gasteiger partial charge in [-0.3, -0.25) is 4.79 Å². The highest BCUT2D eigenvalue weighted by molar-refractivity contribution is 5.95. The van der Waals surface area contributed by atoms with Crippen LogP contribution in [-0.2, 0) is 4.74 Å². The Hall–Kier alpha value is -1.55. The Balaban J connectivity index is 1.59. The fourth-order valence-electron chi connectivity index (χ4n) is 4.10. The molecule has 3 fully saturated rings. The molecule has 2 atom stereocenters. The summed E-state index contributed by atoms with van der Waals surface area (Å²) >= 11 is 0. The number of carbonyl (C=O) groups excluding carboxylic acids is 1. The largest absolute Gasteiger partial charge is 0.496 e. The maximum absolute atomic E-state index is 13.1. The lowest BCUT2D eigenvalue weighted by Gasteiger charge is -2.43. The minimum absolute atomic E-state index is 0.162. The molecular formula is C19H25NO3. The van der Waals surface area contributed by atoms with E-state index in [9.17, 15) is 4.79 Å². The molecule has 1 saturated heterocycles. The Morgan fingerprint density at radius 3 is 2.83 bits per heavy atom. The predicted molar refractivity (Wildman–Crippen MR) is 88.0 cm³/mol. The Labute approximate surface area is 137 Å². The van der Waals surface area contributed by atoms with Crippen molar-refractivity contribution >= 4 is 5.91 Å². The normalized spacial score (nSPS) is 27.4. The fraction of sp³-hybridized carbons (Fsp3) is 0.632. The number of nitrogens with zero attached hydrogens (tertiary/aromatic N) is 1. The van der Waals surface area contributed by atoms with Gasteiger partial charge in [0, 0.05) is 12.1 Å². The second kappa shape index (κ2) is 6.16. The third-order valence-electron chi connectivity index (χ3n) is 5.49. The van der Waals surface area contributed by atoms with Crippen LogP contribution in [0.1, 0.15) is 60.4 Å². The van der Waals surface area contributed by atoms with Gasteiger partial charge < -0.3 is 14.4 Å². The molecule has 4 heteroatoms. The average Bonchev–Trinajstić information content (AvgIpc) is 3.45. The number of ether oxygens (including phenoxy) is 2. The zero-order valence-corrected chi connectivity index (χ0v) is 13.8. The topological polar surface area (TPSA) is 38.8 Å². The zero-order chi connectivity index (χ0) is 15.8. The van der Waals surface area contributed by atoms with Gasteiger partial charge in [-0.05, 0) is 55.4 Å². The molecule has 1 aliphatic heterocycles. The molecule has 0 radical (unpaired) electrons. The first-order chi connectivity index (χ1) is 11.3. The van der Waals surface area contributed by atoms with Crippen molar-refractivity contribution < 1.29 is 14.3 Å². The van der Waals surface area contributed by atoms with Gasteiger partial charge in [-0.2, -0.15) is 0 Å². The summed E-state index contributed by atoms with van der Waals surface area (Å²) in [7, 11) is 1.71. The number of morpholine rings is 1. The Morgan fingerprint density at radius 2 is 2.04 bits per heavy atom. The molecule has 1 aromatic carbocycles. The number of rotatable bonds is 3. The third-order valence-corrected chi connectivity index (χ3v) is 5.49. The summed E-state index contributed by atoms with van der Waals surface area (Å²) in [6.45, 7) is 1.38. The predicted octanol–water partition coefficient (Wildman–Crippen LogP) is 3.36. The van der Waals surface area contributed by atoms with Crippen LogP contribution in [0, 0.1) is 0 Å². The third kappa shape index (κ3) is 2.85. The molecule has 4 nitrogen and oxygen atoms in total.